The first kappa shape index (κ1) is 14.3. The third kappa shape index (κ3) is 3.90. The fourth-order valence-corrected chi connectivity index (χ4v) is 2.71. The van der Waals surface area contributed by atoms with Crippen molar-refractivity contribution in [3.8, 4) is 0 Å². The predicted molar refractivity (Wildman–Crippen MR) is 79.2 cm³/mol. The maximum absolute atomic E-state index is 4.36. The third-order valence-electron chi connectivity index (χ3n) is 4.16. The van der Waals surface area contributed by atoms with E-state index in [1.807, 2.05) is 0 Å². The van der Waals surface area contributed by atoms with Crippen molar-refractivity contribution >= 4 is 5.82 Å². The van der Waals surface area contributed by atoms with E-state index < -0.39 is 0 Å². The Morgan fingerprint density at radius 1 is 1.21 bits per heavy atom. The van der Waals surface area contributed by atoms with Gasteiger partial charge in [-0.15, -0.1) is 5.10 Å². The van der Waals surface area contributed by atoms with Gasteiger partial charge in [0.2, 0.25) is 0 Å². The quantitative estimate of drug-likeness (QED) is 0.885. The molecule has 1 heterocycles. The number of rotatable bonds is 5. The zero-order chi connectivity index (χ0) is 13.7. The second-order valence-corrected chi connectivity index (χ2v) is 5.69. The summed E-state index contributed by atoms with van der Waals surface area (Å²) in [5.74, 6) is 1.89. The van der Waals surface area contributed by atoms with Crippen LogP contribution in [0.5, 0.6) is 0 Å². The Morgan fingerprint density at radius 2 is 1.95 bits per heavy atom. The van der Waals surface area contributed by atoms with Gasteiger partial charge in [0.05, 0.1) is 5.69 Å². The number of anilines is 1. The van der Waals surface area contributed by atoms with Crippen LogP contribution < -0.4 is 10.2 Å². The predicted octanol–water partition coefficient (Wildman–Crippen LogP) is 2.60. The Hall–Kier alpha value is -1.16. The van der Waals surface area contributed by atoms with E-state index in [4.69, 9.17) is 0 Å². The summed E-state index contributed by atoms with van der Waals surface area (Å²) in [6, 6.07) is 4.80. The van der Waals surface area contributed by atoms with Crippen molar-refractivity contribution in [2.75, 3.05) is 18.5 Å². The molecule has 2 rings (SSSR count). The molecule has 0 amide bonds. The monoisotopic (exact) mass is 262 g/mol. The van der Waals surface area contributed by atoms with E-state index in [0.717, 1.165) is 30.5 Å². The molecular weight excluding hydrogens is 236 g/mol. The van der Waals surface area contributed by atoms with Crippen molar-refractivity contribution in [3.05, 3.63) is 17.8 Å². The molecule has 0 atom stereocenters. The molecule has 19 heavy (non-hydrogen) atoms. The highest BCUT2D eigenvalue weighted by atomic mass is 15.3. The fraction of sp³-hybridized carbons (Fsp3) is 0.733. The highest BCUT2D eigenvalue weighted by Crippen LogP contribution is 2.28. The maximum Gasteiger partial charge on any atom is 0.151 e. The van der Waals surface area contributed by atoms with E-state index in [9.17, 15) is 0 Å². The third-order valence-corrected chi connectivity index (χ3v) is 4.16. The van der Waals surface area contributed by atoms with Gasteiger partial charge in [-0.2, -0.15) is 5.10 Å². The second kappa shape index (κ2) is 6.85. The summed E-state index contributed by atoms with van der Waals surface area (Å²) >= 11 is 0. The number of aromatic nitrogens is 2. The summed E-state index contributed by atoms with van der Waals surface area (Å²) in [5.41, 5.74) is 1.01. The van der Waals surface area contributed by atoms with Crippen LogP contribution in [0.15, 0.2) is 12.1 Å². The molecule has 1 aliphatic carbocycles. The Labute approximate surface area is 116 Å². The summed E-state index contributed by atoms with van der Waals surface area (Å²) in [5, 5.41) is 11.9. The van der Waals surface area contributed by atoms with Crippen LogP contribution in [0.4, 0.5) is 5.82 Å². The molecule has 0 bridgehead atoms. The van der Waals surface area contributed by atoms with Crippen molar-refractivity contribution < 1.29 is 0 Å². The standard InChI is InChI=1S/C15H26N4/c1-4-16-11-13-7-10-15(18-17-13)19(3)14-8-5-12(2)6-9-14/h7,10,12,14,16H,4-6,8-9,11H2,1-3H3. The average molecular weight is 262 g/mol. The van der Waals surface area contributed by atoms with E-state index in [1.54, 1.807) is 0 Å². The minimum atomic E-state index is 0.630. The lowest BCUT2D eigenvalue weighted by molar-refractivity contribution is 0.339. The zero-order valence-electron chi connectivity index (χ0n) is 12.4. The van der Waals surface area contributed by atoms with E-state index in [1.165, 1.54) is 25.7 Å². The van der Waals surface area contributed by atoms with Crippen molar-refractivity contribution in [3.63, 3.8) is 0 Å². The van der Waals surface area contributed by atoms with Gasteiger partial charge in [-0.25, -0.2) is 0 Å². The van der Waals surface area contributed by atoms with Crippen molar-refractivity contribution in [1.29, 1.82) is 0 Å². The number of nitrogens with one attached hydrogen (secondary N) is 1. The van der Waals surface area contributed by atoms with Gasteiger partial charge in [0.25, 0.3) is 0 Å². The van der Waals surface area contributed by atoms with Crippen LogP contribution in [0, 0.1) is 5.92 Å². The number of hydrogen-bond acceptors (Lipinski definition) is 4. The van der Waals surface area contributed by atoms with Gasteiger partial charge < -0.3 is 10.2 Å². The van der Waals surface area contributed by atoms with E-state index in [2.05, 4.69) is 53.4 Å². The first-order valence-electron chi connectivity index (χ1n) is 7.47. The molecule has 0 saturated heterocycles. The van der Waals surface area contributed by atoms with E-state index >= 15 is 0 Å². The molecule has 1 saturated carbocycles. The van der Waals surface area contributed by atoms with Crippen LogP contribution in [-0.4, -0.2) is 29.8 Å². The minimum Gasteiger partial charge on any atom is -0.355 e. The Balaban J connectivity index is 1.93. The van der Waals surface area contributed by atoms with Crippen molar-refractivity contribution in [2.24, 2.45) is 5.92 Å². The molecular formula is C15H26N4. The van der Waals surface area contributed by atoms with Crippen molar-refractivity contribution in [2.45, 2.75) is 52.1 Å². The van der Waals surface area contributed by atoms with Crippen LogP contribution in [-0.2, 0) is 6.54 Å². The number of nitrogens with zero attached hydrogens (tertiary/aromatic N) is 3. The molecule has 4 nitrogen and oxygen atoms in total. The lowest BCUT2D eigenvalue weighted by atomic mass is 9.87. The Kier molecular flexibility index (Phi) is 5.14. The van der Waals surface area contributed by atoms with Gasteiger partial charge in [-0.1, -0.05) is 13.8 Å². The Bertz CT molecular complexity index is 368. The summed E-state index contributed by atoms with van der Waals surface area (Å²) in [7, 11) is 2.15. The largest absolute Gasteiger partial charge is 0.355 e. The molecule has 1 fully saturated rings. The Morgan fingerprint density at radius 3 is 2.53 bits per heavy atom. The van der Waals surface area contributed by atoms with Gasteiger partial charge in [-0.3, -0.25) is 0 Å². The first-order chi connectivity index (χ1) is 9.20. The van der Waals surface area contributed by atoms with Gasteiger partial charge in [0.1, 0.15) is 0 Å². The normalized spacial score (nSPS) is 23.3. The molecule has 1 aromatic rings. The maximum atomic E-state index is 4.36. The molecule has 0 aromatic carbocycles. The van der Waals surface area contributed by atoms with Crippen LogP contribution in [0.2, 0.25) is 0 Å². The SMILES string of the molecule is CCNCc1ccc(N(C)C2CCC(C)CC2)nn1. The first-order valence-corrected chi connectivity index (χ1v) is 7.47. The smallest absolute Gasteiger partial charge is 0.151 e. The topological polar surface area (TPSA) is 41.0 Å². The van der Waals surface area contributed by atoms with Crippen LogP contribution >= 0.6 is 0 Å². The minimum absolute atomic E-state index is 0.630. The van der Waals surface area contributed by atoms with Crippen LogP contribution in [0.1, 0.15) is 45.2 Å². The van der Waals surface area contributed by atoms with E-state index in [-0.39, 0.29) is 0 Å². The molecule has 1 aromatic heterocycles. The van der Waals surface area contributed by atoms with Gasteiger partial charge in [-0.05, 0) is 50.3 Å². The molecule has 0 radical (unpaired) electrons. The highest BCUT2D eigenvalue weighted by Gasteiger charge is 2.22. The molecule has 0 aliphatic heterocycles. The summed E-state index contributed by atoms with van der Waals surface area (Å²) < 4.78 is 0. The number of hydrogen-bond donors (Lipinski definition) is 1. The molecule has 1 aliphatic rings. The lowest BCUT2D eigenvalue weighted by Crippen LogP contribution is -2.35. The summed E-state index contributed by atoms with van der Waals surface area (Å²) in [6.45, 7) is 6.21. The molecule has 4 heteroatoms. The summed E-state index contributed by atoms with van der Waals surface area (Å²) in [4.78, 5) is 2.30. The van der Waals surface area contributed by atoms with Gasteiger partial charge in [0, 0.05) is 19.6 Å². The van der Waals surface area contributed by atoms with E-state index in [0.29, 0.717) is 6.04 Å². The average Bonchev–Trinajstić information content (AvgIpc) is 2.46. The highest BCUT2D eigenvalue weighted by molar-refractivity contribution is 5.37. The molecule has 1 N–H and O–H groups in total. The summed E-state index contributed by atoms with van der Waals surface area (Å²) in [6.07, 6.45) is 5.22. The molecule has 106 valence electrons. The molecule has 0 unspecified atom stereocenters. The fourth-order valence-electron chi connectivity index (χ4n) is 2.71. The zero-order valence-corrected chi connectivity index (χ0v) is 12.4. The van der Waals surface area contributed by atoms with Gasteiger partial charge in [0.15, 0.2) is 5.82 Å². The second-order valence-electron chi connectivity index (χ2n) is 5.69. The van der Waals surface area contributed by atoms with Crippen LogP contribution in [0.25, 0.3) is 0 Å². The van der Waals surface area contributed by atoms with Gasteiger partial charge >= 0.3 is 0 Å². The lowest BCUT2D eigenvalue weighted by Gasteiger charge is -2.34. The molecule has 0 spiro atoms. The van der Waals surface area contributed by atoms with Crippen molar-refractivity contribution in [1.82, 2.24) is 15.5 Å². The van der Waals surface area contributed by atoms with Crippen LogP contribution in [0.3, 0.4) is 0 Å².